The minimum absolute atomic E-state index is 0.347. The summed E-state index contributed by atoms with van der Waals surface area (Å²) >= 11 is 0. The van der Waals surface area contributed by atoms with Gasteiger partial charge in [0.05, 0.1) is 26.8 Å². The molecule has 0 fully saturated rings. The molecule has 1 N–H and O–H groups in total. The molecule has 0 saturated carbocycles. The normalized spacial score (nSPS) is 10.2. The lowest BCUT2D eigenvalue weighted by molar-refractivity contribution is 0.356. The third-order valence-electron chi connectivity index (χ3n) is 4.84. The van der Waals surface area contributed by atoms with Crippen molar-refractivity contribution in [2.75, 3.05) is 26.6 Å². The molecule has 8 nitrogen and oxygen atoms in total. The van der Waals surface area contributed by atoms with Gasteiger partial charge in [0, 0.05) is 36.0 Å². The van der Waals surface area contributed by atoms with Crippen LogP contribution in [0.1, 0.15) is 25.2 Å². The molecule has 0 atom stereocenters. The van der Waals surface area contributed by atoms with Crippen LogP contribution < -0.4 is 19.5 Å². The van der Waals surface area contributed by atoms with Crippen LogP contribution in [-0.4, -0.2) is 41.3 Å². The highest BCUT2D eigenvalue weighted by atomic mass is 16.5. The van der Waals surface area contributed by atoms with Crippen LogP contribution in [0.2, 0.25) is 0 Å². The molecule has 0 radical (unpaired) electrons. The Hall–Kier alpha value is -3.94. The first kappa shape index (κ1) is 23.7. The summed E-state index contributed by atoms with van der Waals surface area (Å²) in [5, 5.41) is 4.30. The number of aryl methyl sites for hydroxylation is 1. The van der Waals surface area contributed by atoms with Crippen LogP contribution in [0.5, 0.6) is 17.5 Å². The van der Waals surface area contributed by atoms with Crippen LogP contribution in [0.25, 0.3) is 22.0 Å². The molecule has 8 heteroatoms. The second kappa shape index (κ2) is 11.1. The van der Waals surface area contributed by atoms with Gasteiger partial charge in [-0.1, -0.05) is 32.0 Å². The molecule has 0 saturated heterocycles. The summed E-state index contributed by atoms with van der Waals surface area (Å²) in [6.45, 7) is 6.45. The average molecular weight is 448 g/mol. The van der Waals surface area contributed by atoms with Crippen LogP contribution in [0.4, 0.5) is 5.82 Å². The number of anilines is 1. The molecule has 172 valence electrons. The summed E-state index contributed by atoms with van der Waals surface area (Å²) in [5.41, 5.74) is 3.83. The molecule has 0 unspecified atom stereocenters. The number of rotatable bonds is 7. The zero-order valence-corrected chi connectivity index (χ0v) is 19.8. The summed E-state index contributed by atoms with van der Waals surface area (Å²) in [6, 6.07) is 12.3. The fourth-order valence-corrected chi connectivity index (χ4v) is 3.32. The molecule has 0 spiro atoms. The van der Waals surface area contributed by atoms with Crippen molar-refractivity contribution in [2.24, 2.45) is 0 Å². The van der Waals surface area contributed by atoms with Gasteiger partial charge in [-0.15, -0.1) is 0 Å². The summed E-state index contributed by atoms with van der Waals surface area (Å²) in [6.07, 6.45) is 3.50. The Kier molecular flexibility index (Phi) is 7.96. The van der Waals surface area contributed by atoms with Crippen molar-refractivity contribution in [2.45, 2.75) is 27.3 Å². The van der Waals surface area contributed by atoms with E-state index < -0.39 is 0 Å². The lowest BCUT2D eigenvalue weighted by Crippen LogP contribution is -2.05. The summed E-state index contributed by atoms with van der Waals surface area (Å²) in [5.74, 6) is 2.67. The number of methoxy groups -OCH3 is 3. The molecule has 2 aromatic heterocycles. The molecule has 4 aromatic rings. The Morgan fingerprint density at radius 3 is 2.18 bits per heavy atom. The van der Waals surface area contributed by atoms with Gasteiger partial charge >= 0.3 is 6.01 Å². The SMILES string of the molecule is CC.COc1ncc(-c2cccc(CNc3nc(C)nc4cc(OC)c(OC)cc34)c2)cn1. The smallest absolute Gasteiger partial charge is 0.316 e. The fourth-order valence-electron chi connectivity index (χ4n) is 3.32. The Labute approximate surface area is 194 Å². The van der Waals surface area contributed by atoms with Gasteiger partial charge in [0.15, 0.2) is 11.5 Å². The first-order chi connectivity index (χ1) is 16.1. The third kappa shape index (κ3) is 5.46. The number of hydrogen-bond acceptors (Lipinski definition) is 8. The van der Waals surface area contributed by atoms with E-state index in [0.29, 0.717) is 29.9 Å². The number of nitrogens with zero attached hydrogens (tertiary/aromatic N) is 4. The van der Waals surface area contributed by atoms with Crippen LogP contribution >= 0.6 is 0 Å². The van der Waals surface area contributed by atoms with Gasteiger partial charge in [0.2, 0.25) is 0 Å². The summed E-state index contributed by atoms with van der Waals surface area (Å²) < 4.78 is 15.9. The molecule has 4 rings (SSSR count). The Balaban J connectivity index is 0.00000149. The monoisotopic (exact) mass is 447 g/mol. The minimum Gasteiger partial charge on any atom is -0.493 e. The molecule has 2 aromatic carbocycles. The Bertz CT molecular complexity index is 1210. The summed E-state index contributed by atoms with van der Waals surface area (Å²) in [7, 11) is 4.77. The molecule has 0 aliphatic rings. The Morgan fingerprint density at radius 2 is 1.52 bits per heavy atom. The molecule has 0 aliphatic heterocycles. The maximum absolute atomic E-state index is 5.44. The van der Waals surface area contributed by atoms with Crippen LogP contribution in [-0.2, 0) is 6.54 Å². The topological polar surface area (TPSA) is 91.3 Å². The van der Waals surface area contributed by atoms with Gasteiger partial charge in [0.1, 0.15) is 11.6 Å². The van der Waals surface area contributed by atoms with E-state index in [-0.39, 0.29) is 0 Å². The summed E-state index contributed by atoms with van der Waals surface area (Å²) in [4.78, 5) is 17.5. The van der Waals surface area contributed by atoms with Gasteiger partial charge in [-0.3, -0.25) is 0 Å². The molecular weight excluding hydrogens is 418 g/mol. The molecule has 0 amide bonds. The van der Waals surface area contributed by atoms with E-state index in [9.17, 15) is 0 Å². The van der Waals surface area contributed by atoms with Crippen molar-refractivity contribution >= 4 is 16.7 Å². The van der Waals surface area contributed by atoms with Crippen molar-refractivity contribution in [3.63, 3.8) is 0 Å². The Morgan fingerprint density at radius 1 is 0.818 bits per heavy atom. The zero-order valence-electron chi connectivity index (χ0n) is 19.8. The van der Waals surface area contributed by atoms with Gasteiger partial charge in [0.25, 0.3) is 0 Å². The second-order valence-electron chi connectivity index (χ2n) is 6.86. The largest absolute Gasteiger partial charge is 0.493 e. The van der Waals surface area contributed by atoms with Gasteiger partial charge < -0.3 is 19.5 Å². The van der Waals surface area contributed by atoms with Crippen molar-refractivity contribution < 1.29 is 14.2 Å². The third-order valence-corrected chi connectivity index (χ3v) is 4.84. The maximum Gasteiger partial charge on any atom is 0.316 e. The average Bonchev–Trinajstić information content (AvgIpc) is 2.87. The van der Waals surface area contributed by atoms with Crippen molar-refractivity contribution in [1.82, 2.24) is 19.9 Å². The lowest BCUT2D eigenvalue weighted by atomic mass is 10.1. The highest BCUT2D eigenvalue weighted by Crippen LogP contribution is 2.34. The predicted molar refractivity (Wildman–Crippen MR) is 130 cm³/mol. The number of hydrogen-bond donors (Lipinski definition) is 1. The predicted octanol–water partition coefficient (Wildman–Crippen LogP) is 5.06. The highest BCUT2D eigenvalue weighted by Gasteiger charge is 2.12. The first-order valence-corrected chi connectivity index (χ1v) is 10.7. The van der Waals surface area contributed by atoms with Crippen molar-refractivity contribution in [1.29, 1.82) is 0 Å². The van der Waals surface area contributed by atoms with E-state index in [1.165, 1.54) is 0 Å². The molecule has 0 bridgehead atoms. The van der Waals surface area contributed by atoms with E-state index in [2.05, 4.69) is 37.4 Å². The second-order valence-corrected chi connectivity index (χ2v) is 6.86. The molecule has 2 heterocycles. The fraction of sp³-hybridized carbons (Fsp3) is 0.280. The van der Waals surface area contributed by atoms with Gasteiger partial charge in [-0.05, 0) is 30.2 Å². The van der Waals surface area contributed by atoms with Crippen LogP contribution in [0.15, 0.2) is 48.8 Å². The van der Waals surface area contributed by atoms with E-state index in [0.717, 1.165) is 33.4 Å². The van der Waals surface area contributed by atoms with Crippen molar-refractivity contribution in [3.05, 3.63) is 60.2 Å². The van der Waals surface area contributed by atoms with Gasteiger partial charge in [-0.25, -0.2) is 19.9 Å². The first-order valence-electron chi connectivity index (χ1n) is 10.7. The van der Waals surface area contributed by atoms with Crippen molar-refractivity contribution in [3.8, 4) is 28.6 Å². The molecule has 0 aliphatic carbocycles. The maximum atomic E-state index is 5.44. The highest BCUT2D eigenvalue weighted by molar-refractivity contribution is 5.91. The number of benzene rings is 2. The minimum atomic E-state index is 0.347. The zero-order chi connectivity index (χ0) is 23.8. The molecule has 33 heavy (non-hydrogen) atoms. The van der Waals surface area contributed by atoms with E-state index in [4.69, 9.17) is 14.2 Å². The number of aromatic nitrogens is 4. The quantitative estimate of drug-likeness (QED) is 0.420. The number of nitrogens with one attached hydrogen (secondary N) is 1. The van der Waals surface area contributed by atoms with Crippen LogP contribution in [0, 0.1) is 6.92 Å². The van der Waals surface area contributed by atoms with E-state index in [1.807, 2.05) is 45.0 Å². The lowest BCUT2D eigenvalue weighted by Gasteiger charge is -2.13. The van der Waals surface area contributed by atoms with E-state index in [1.54, 1.807) is 33.7 Å². The van der Waals surface area contributed by atoms with Crippen LogP contribution in [0.3, 0.4) is 0 Å². The number of ether oxygens (including phenoxy) is 3. The van der Waals surface area contributed by atoms with E-state index >= 15 is 0 Å². The standard InChI is InChI=1S/C23H23N5O3.C2H6/c1-14-27-19-10-21(30-3)20(29-2)9-18(19)22(28-14)24-11-15-6-5-7-16(8-15)17-12-25-23(31-4)26-13-17;1-2/h5-10,12-13H,11H2,1-4H3,(H,24,27,28);1-2H3. The number of fused-ring (bicyclic) bond motifs is 1. The molecular formula is C25H29N5O3. The van der Waals surface area contributed by atoms with Gasteiger partial charge in [-0.2, -0.15) is 0 Å².